The number of carboxylic acids is 1. The van der Waals surface area contributed by atoms with Crippen LogP contribution in [0.15, 0.2) is 0 Å². The van der Waals surface area contributed by atoms with Crippen molar-refractivity contribution in [2.75, 3.05) is 24.8 Å². The molecule has 0 spiro atoms. The average molecular weight is 274 g/mol. The van der Waals surface area contributed by atoms with E-state index < -0.39 is 12.0 Å². The Morgan fingerprint density at radius 3 is 2.94 bits per heavy atom. The Hall–Kier alpha value is -0.950. The quantitative estimate of drug-likeness (QED) is 0.787. The topological polar surface area (TPSA) is 78.9 Å². The van der Waals surface area contributed by atoms with Gasteiger partial charge in [0.15, 0.2) is 0 Å². The second-order valence-corrected chi connectivity index (χ2v) is 5.69. The predicted molar refractivity (Wildman–Crippen MR) is 67.5 cm³/mol. The summed E-state index contributed by atoms with van der Waals surface area (Å²) in [7, 11) is 0. The Bertz CT molecular complexity index is 333. The van der Waals surface area contributed by atoms with E-state index in [2.05, 4.69) is 5.32 Å². The van der Waals surface area contributed by atoms with Crippen LogP contribution in [0.4, 0.5) is 4.79 Å². The minimum Gasteiger partial charge on any atom is -0.480 e. The number of nitrogens with zero attached hydrogens (tertiary/aromatic N) is 1. The number of urea groups is 1. The molecular weight excluding hydrogens is 256 g/mol. The Morgan fingerprint density at radius 2 is 2.33 bits per heavy atom. The summed E-state index contributed by atoms with van der Waals surface area (Å²) < 4.78 is 5.28. The number of thioether (sulfide) groups is 1. The number of amides is 2. The van der Waals surface area contributed by atoms with Crippen molar-refractivity contribution >= 4 is 23.8 Å². The minimum atomic E-state index is -0.938. The lowest BCUT2D eigenvalue weighted by Crippen LogP contribution is -2.50. The summed E-state index contributed by atoms with van der Waals surface area (Å²) in [6.45, 7) is 3.34. The van der Waals surface area contributed by atoms with E-state index >= 15 is 0 Å². The van der Waals surface area contributed by atoms with Crippen LogP contribution in [-0.4, -0.2) is 58.9 Å². The first kappa shape index (κ1) is 13.5. The minimum absolute atomic E-state index is 0.0139. The third-order valence-corrected chi connectivity index (χ3v) is 4.46. The Kier molecular flexibility index (Phi) is 4.34. The van der Waals surface area contributed by atoms with Crippen LogP contribution >= 0.6 is 11.8 Å². The lowest BCUT2D eigenvalue weighted by Gasteiger charge is -2.25. The molecule has 0 aromatic rings. The Balaban J connectivity index is 1.88. The highest BCUT2D eigenvalue weighted by Gasteiger charge is 2.35. The molecule has 0 bridgehead atoms. The van der Waals surface area contributed by atoms with Crippen molar-refractivity contribution in [3.63, 3.8) is 0 Å². The van der Waals surface area contributed by atoms with Gasteiger partial charge in [-0.1, -0.05) is 0 Å². The van der Waals surface area contributed by atoms with Crippen molar-refractivity contribution in [2.24, 2.45) is 5.92 Å². The van der Waals surface area contributed by atoms with Crippen LogP contribution < -0.4 is 5.32 Å². The molecular formula is C11H18N2O4S. The summed E-state index contributed by atoms with van der Waals surface area (Å²) >= 11 is 1.47. The number of carbonyl (C=O) groups is 2. The second kappa shape index (κ2) is 5.79. The molecule has 2 saturated heterocycles. The molecule has 102 valence electrons. The van der Waals surface area contributed by atoms with Crippen LogP contribution in [0.5, 0.6) is 0 Å². The van der Waals surface area contributed by atoms with Crippen molar-refractivity contribution in [1.82, 2.24) is 10.2 Å². The molecule has 6 nitrogen and oxygen atoms in total. The maximum atomic E-state index is 12.0. The van der Waals surface area contributed by atoms with Gasteiger partial charge in [0.2, 0.25) is 0 Å². The van der Waals surface area contributed by atoms with E-state index in [0.717, 1.165) is 13.0 Å². The zero-order valence-electron chi connectivity index (χ0n) is 10.3. The lowest BCUT2D eigenvalue weighted by atomic mass is 10.0. The van der Waals surface area contributed by atoms with E-state index in [1.807, 2.05) is 6.92 Å². The normalized spacial score (nSPS) is 29.3. The van der Waals surface area contributed by atoms with Gasteiger partial charge in [0.05, 0.1) is 12.5 Å². The molecule has 0 aromatic carbocycles. The zero-order chi connectivity index (χ0) is 13.1. The fourth-order valence-electron chi connectivity index (χ4n) is 2.19. The largest absolute Gasteiger partial charge is 0.480 e. The smallest absolute Gasteiger partial charge is 0.327 e. The molecule has 0 aromatic heterocycles. The molecule has 3 atom stereocenters. The molecule has 18 heavy (non-hydrogen) atoms. The SMILES string of the molecule is CC(NC(=O)N1CSC[C@H]1C(=O)O)C1CCOC1. The number of hydrogen-bond donors (Lipinski definition) is 2. The highest BCUT2D eigenvalue weighted by molar-refractivity contribution is 7.99. The molecule has 2 aliphatic heterocycles. The summed E-state index contributed by atoms with van der Waals surface area (Å²) in [5.74, 6) is 0.292. The van der Waals surface area contributed by atoms with Gasteiger partial charge < -0.3 is 20.1 Å². The maximum absolute atomic E-state index is 12.0. The Morgan fingerprint density at radius 1 is 1.56 bits per heavy atom. The summed E-state index contributed by atoms with van der Waals surface area (Å²) in [5.41, 5.74) is 0. The van der Waals surface area contributed by atoms with Crippen molar-refractivity contribution < 1.29 is 19.4 Å². The second-order valence-electron chi connectivity index (χ2n) is 4.69. The number of ether oxygens (including phenoxy) is 1. The zero-order valence-corrected chi connectivity index (χ0v) is 11.1. The monoisotopic (exact) mass is 274 g/mol. The van der Waals surface area contributed by atoms with Crippen LogP contribution in [0.2, 0.25) is 0 Å². The van der Waals surface area contributed by atoms with E-state index in [9.17, 15) is 9.59 Å². The van der Waals surface area contributed by atoms with Crippen LogP contribution in [0, 0.1) is 5.92 Å². The van der Waals surface area contributed by atoms with Gasteiger partial charge in [0, 0.05) is 24.3 Å². The molecule has 0 radical (unpaired) electrons. The van der Waals surface area contributed by atoms with Crippen molar-refractivity contribution in [2.45, 2.75) is 25.4 Å². The number of rotatable bonds is 3. The summed E-state index contributed by atoms with van der Waals surface area (Å²) in [6.07, 6.45) is 0.943. The van der Waals surface area contributed by atoms with Gasteiger partial charge in [-0.25, -0.2) is 9.59 Å². The summed E-state index contributed by atoms with van der Waals surface area (Å²) in [5, 5.41) is 11.9. The molecule has 2 amide bonds. The Labute approximate surface area is 110 Å². The van der Waals surface area contributed by atoms with Gasteiger partial charge in [0.1, 0.15) is 6.04 Å². The highest BCUT2D eigenvalue weighted by atomic mass is 32.2. The van der Waals surface area contributed by atoms with E-state index in [1.165, 1.54) is 16.7 Å². The van der Waals surface area contributed by atoms with Crippen LogP contribution in [0.3, 0.4) is 0 Å². The van der Waals surface area contributed by atoms with Crippen LogP contribution in [0.25, 0.3) is 0 Å². The van der Waals surface area contributed by atoms with Gasteiger partial charge in [-0.05, 0) is 13.3 Å². The number of hydrogen-bond acceptors (Lipinski definition) is 4. The van der Waals surface area contributed by atoms with Crippen LogP contribution in [-0.2, 0) is 9.53 Å². The van der Waals surface area contributed by atoms with E-state index in [4.69, 9.17) is 9.84 Å². The van der Waals surface area contributed by atoms with E-state index in [-0.39, 0.29) is 12.1 Å². The molecule has 2 N–H and O–H groups in total. The third kappa shape index (κ3) is 2.89. The number of aliphatic carboxylic acids is 1. The van der Waals surface area contributed by atoms with Crippen molar-refractivity contribution in [3.8, 4) is 0 Å². The fourth-order valence-corrected chi connectivity index (χ4v) is 3.34. The molecule has 2 rings (SSSR count). The fraction of sp³-hybridized carbons (Fsp3) is 0.818. The molecule has 2 unspecified atom stereocenters. The number of carbonyl (C=O) groups excluding carboxylic acids is 1. The summed E-state index contributed by atoms with van der Waals surface area (Å²) in [4.78, 5) is 24.4. The van der Waals surface area contributed by atoms with Gasteiger partial charge >= 0.3 is 12.0 Å². The van der Waals surface area contributed by atoms with Crippen LogP contribution in [0.1, 0.15) is 13.3 Å². The first-order valence-corrected chi connectivity index (χ1v) is 7.20. The highest BCUT2D eigenvalue weighted by Crippen LogP contribution is 2.22. The van der Waals surface area contributed by atoms with Crippen molar-refractivity contribution in [3.05, 3.63) is 0 Å². The molecule has 0 saturated carbocycles. The standard InChI is InChI=1S/C11H18N2O4S/c1-7(8-2-3-17-4-8)12-11(16)13-6-18-5-9(13)10(14)15/h7-9H,2-6H2,1H3,(H,12,16)(H,14,15)/t7?,8?,9-/m0/s1. The first-order chi connectivity index (χ1) is 8.59. The van der Waals surface area contributed by atoms with Gasteiger partial charge in [-0.15, -0.1) is 11.8 Å². The molecule has 7 heteroatoms. The molecule has 2 fully saturated rings. The summed E-state index contributed by atoms with van der Waals surface area (Å²) in [6, 6.07) is -0.978. The van der Waals surface area contributed by atoms with E-state index in [0.29, 0.717) is 24.2 Å². The molecule has 0 aliphatic carbocycles. The molecule has 2 heterocycles. The van der Waals surface area contributed by atoms with Gasteiger partial charge in [-0.3, -0.25) is 0 Å². The number of nitrogens with one attached hydrogen (secondary N) is 1. The van der Waals surface area contributed by atoms with Gasteiger partial charge in [0.25, 0.3) is 0 Å². The predicted octanol–water partition coefficient (Wildman–Crippen LogP) is 0.580. The van der Waals surface area contributed by atoms with E-state index in [1.54, 1.807) is 0 Å². The number of carboxylic acid groups (broad SMARTS) is 1. The average Bonchev–Trinajstić information content (AvgIpc) is 3.00. The maximum Gasteiger partial charge on any atom is 0.327 e. The first-order valence-electron chi connectivity index (χ1n) is 6.05. The molecule has 2 aliphatic rings. The third-order valence-electron chi connectivity index (χ3n) is 3.45. The van der Waals surface area contributed by atoms with Crippen molar-refractivity contribution in [1.29, 1.82) is 0 Å². The lowest BCUT2D eigenvalue weighted by molar-refractivity contribution is -0.140. The van der Waals surface area contributed by atoms with Gasteiger partial charge in [-0.2, -0.15) is 0 Å².